The maximum absolute atomic E-state index is 11.3. The van der Waals surface area contributed by atoms with Crippen LogP contribution in [0.4, 0.5) is 5.82 Å². The van der Waals surface area contributed by atoms with Crippen molar-refractivity contribution in [2.24, 2.45) is 0 Å². The van der Waals surface area contributed by atoms with E-state index >= 15 is 0 Å². The van der Waals surface area contributed by atoms with Crippen LogP contribution in [0.5, 0.6) is 0 Å². The molecule has 9 heteroatoms. The Balaban J connectivity index is 1.83. The summed E-state index contributed by atoms with van der Waals surface area (Å²) < 4.78 is 7.89. The predicted octanol–water partition coefficient (Wildman–Crippen LogP) is 4.98. The molecule has 0 bridgehead atoms. The van der Waals surface area contributed by atoms with Crippen LogP contribution in [-0.2, 0) is 16.3 Å². The molecular weight excluding hydrogens is 414 g/mol. The summed E-state index contributed by atoms with van der Waals surface area (Å²) in [5.74, 6) is 1.13. The lowest BCUT2D eigenvalue weighted by molar-refractivity contribution is -0.114. The number of carbonyl (C=O) groups is 1. The average Bonchev–Trinajstić information content (AvgIpc) is 3.30. The van der Waals surface area contributed by atoms with Crippen molar-refractivity contribution >= 4 is 37.2 Å². The highest BCUT2D eigenvalue weighted by Gasteiger charge is 2.18. The number of anilines is 1. The average molecular weight is 442 g/mol. The van der Waals surface area contributed by atoms with Crippen LogP contribution < -0.4 is 5.32 Å². The Labute approximate surface area is 181 Å². The smallest absolute Gasteiger partial charge is 0.222 e. The molecule has 0 spiro atoms. The lowest BCUT2D eigenvalue weighted by Crippen LogP contribution is -2.22. The molecule has 0 radical (unpaired) electrons. The highest BCUT2D eigenvalue weighted by Crippen LogP contribution is 2.35. The van der Waals surface area contributed by atoms with Crippen LogP contribution in [0, 0.1) is 0 Å². The SMILES string of the molecule is C=Cc1nc(-c2ccnc(NC(C)=O)c2)sc1-c1nccn1COCC[Si](C)(C)C. The molecule has 0 aliphatic rings. The van der Waals surface area contributed by atoms with Crippen LogP contribution in [0.1, 0.15) is 12.6 Å². The van der Waals surface area contributed by atoms with Gasteiger partial charge in [-0.05, 0) is 24.3 Å². The number of carbonyl (C=O) groups excluding carboxylic acids is 1. The van der Waals surface area contributed by atoms with E-state index in [1.165, 1.54) is 18.3 Å². The number of rotatable bonds is 9. The van der Waals surface area contributed by atoms with E-state index in [0.29, 0.717) is 12.5 Å². The zero-order valence-electron chi connectivity index (χ0n) is 17.8. The van der Waals surface area contributed by atoms with E-state index in [-0.39, 0.29) is 5.91 Å². The van der Waals surface area contributed by atoms with Gasteiger partial charge in [0.2, 0.25) is 5.91 Å². The van der Waals surface area contributed by atoms with Gasteiger partial charge in [0.05, 0.1) is 10.6 Å². The number of nitrogens with one attached hydrogen (secondary N) is 1. The Hall–Kier alpha value is -2.62. The third-order valence-corrected chi connectivity index (χ3v) is 7.12. The van der Waals surface area contributed by atoms with Gasteiger partial charge in [-0.3, -0.25) is 4.79 Å². The Morgan fingerprint density at radius 3 is 2.83 bits per heavy atom. The van der Waals surface area contributed by atoms with Gasteiger partial charge in [0, 0.05) is 45.8 Å². The third-order valence-electron chi connectivity index (χ3n) is 4.30. The lowest BCUT2D eigenvalue weighted by atomic mass is 10.2. The van der Waals surface area contributed by atoms with Crippen LogP contribution >= 0.6 is 11.3 Å². The van der Waals surface area contributed by atoms with Gasteiger partial charge in [-0.2, -0.15) is 0 Å². The molecule has 3 aromatic rings. The van der Waals surface area contributed by atoms with Crippen molar-refractivity contribution in [2.75, 3.05) is 11.9 Å². The maximum Gasteiger partial charge on any atom is 0.222 e. The maximum atomic E-state index is 11.3. The van der Waals surface area contributed by atoms with E-state index < -0.39 is 8.07 Å². The standard InChI is InChI=1S/C21H27N5O2SSi/c1-6-17-19(20-23-9-10-26(20)14-28-11-12-30(3,4)5)29-21(25-17)16-7-8-22-18(13-16)24-15(2)27/h6-10,13H,1,11-12,14H2,2-5H3,(H,22,24,27). The minimum absolute atomic E-state index is 0.164. The first-order valence-corrected chi connectivity index (χ1v) is 14.3. The van der Waals surface area contributed by atoms with Gasteiger partial charge in [0.25, 0.3) is 0 Å². The molecule has 30 heavy (non-hydrogen) atoms. The zero-order chi connectivity index (χ0) is 21.7. The number of imidazole rings is 1. The Bertz CT molecular complexity index is 1040. The molecule has 0 atom stereocenters. The molecule has 0 saturated heterocycles. The van der Waals surface area contributed by atoms with Gasteiger partial charge in [-0.1, -0.05) is 26.2 Å². The Morgan fingerprint density at radius 2 is 2.13 bits per heavy atom. The minimum Gasteiger partial charge on any atom is -0.361 e. The highest BCUT2D eigenvalue weighted by molar-refractivity contribution is 7.18. The summed E-state index contributed by atoms with van der Waals surface area (Å²) in [6.07, 6.45) is 7.07. The summed E-state index contributed by atoms with van der Waals surface area (Å²) >= 11 is 1.53. The summed E-state index contributed by atoms with van der Waals surface area (Å²) in [7, 11) is -1.12. The van der Waals surface area contributed by atoms with Gasteiger partial charge in [0.1, 0.15) is 17.6 Å². The fourth-order valence-electron chi connectivity index (χ4n) is 2.73. The normalized spacial score (nSPS) is 11.5. The van der Waals surface area contributed by atoms with Crippen molar-refractivity contribution in [1.82, 2.24) is 19.5 Å². The van der Waals surface area contributed by atoms with Gasteiger partial charge >= 0.3 is 0 Å². The van der Waals surface area contributed by atoms with E-state index in [1.807, 2.05) is 22.9 Å². The summed E-state index contributed by atoms with van der Waals surface area (Å²) in [5, 5.41) is 3.51. The highest BCUT2D eigenvalue weighted by atomic mass is 32.1. The molecule has 0 aliphatic carbocycles. The second-order valence-corrected chi connectivity index (χ2v) is 14.7. The van der Waals surface area contributed by atoms with Gasteiger partial charge in [0.15, 0.2) is 5.82 Å². The van der Waals surface area contributed by atoms with E-state index in [0.717, 1.165) is 39.6 Å². The first-order chi connectivity index (χ1) is 14.3. The largest absolute Gasteiger partial charge is 0.361 e. The fourth-order valence-corrected chi connectivity index (χ4v) is 4.56. The molecule has 3 rings (SSSR count). The van der Waals surface area contributed by atoms with Crippen LogP contribution in [0.3, 0.4) is 0 Å². The molecule has 158 valence electrons. The number of hydrogen-bond donors (Lipinski definition) is 1. The molecule has 0 saturated carbocycles. The number of ether oxygens (including phenoxy) is 1. The molecule has 0 fully saturated rings. The second kappa shape index (κ2) is 9.46. The summed E-state index contributed by atoms with van der Waals surface area (Å²) in [6, 6.07) is 4.80. The van der Waals surface area contributed by atoms with Crippen molar-refractivity contribution in [3.8, 4) is 21.3 Å². The van der Waals surface area contributed by atoms with Gasteiger partial charge < -0.3 is 14.6 Å². The Morgan fingerprint density at radius 1 is 1.33 bits per heavy atom. The van der Waals surface area contributed by atoms with Crippen molar-refractivity contribution in [2.45, 2.75) is 39.3 Å². The molecule has 0 aromatic carbocycles. The monoisotopic (exact) mass is 441 g/mol. The topological polar surface area (TPSA) is 81.9 Å². The van der Waals surface area contributed by atoms with Crippen LogP contribution in [0.2, 0.25) is 25.7 Å². The number of nitrogens with zero attached hydrogens (tertiary/aromatic N) is 4. The molecular formula is C21H27N5O2SSi. The number of hydrogen-bond acceptors (Lipinski definition) is 6. The van der Waals surface area contributed by atoms with Crippen molar-refractivity contribution in [3.05, 3.63) is 43.0 Å². The number of aromatic nitrogens is 4. The summed E-state index contributed by atoms with van der Waals surface area (Å²) in [5.41, 5.74) is 1.64. The van der Waals surface area contributed by atoms with Crippen LogP contribution in [-0.4, -0.2) is 40.1 Å². The van der Waals surface area contributed by atoms with Crippen LogP contribution in [0.15, 0.2) is 37.3 Å². The van der Waals surface area contributed by atoms with E-state index in [9.17, 15) is 4.79 Å². The first-order valence-electron chi connectivity index (χ1n) is 9.73. The molecule has 1 N–H and O–H groups in total. The third kappa shape index (κ3) is 5.71. The molecule has 0 aliphatic heterocycles. The van der Waals surface area contributed by atoms with Crippen molar-refractivity contribution in [3.63, 3.8) is 0 Å². The first kappa shape index (κ1) is 22.1. The molecule has 3 heterocycles. The van der Waals surface area contributed by atoms with Gasteiger partial charge in [-0.15, -0.1) is 11.3 Å². The molecule has 0 unspecified atom stereocenters. The van der Waals surface area contributed by atoms with E-state index in [1.54, 1.807) is 18.5 Å². The summed E-state index contributed by atoms with van der Waals surface area (Å²) in [6.45, 7) is 13.6. The minimum atomic E-state index is -1.12. The summed E-state index contributed by atoms with van der Waals surface area (Å²) in [4.78, 5) is 25.7. The zero-order valence-corrected chi connectivity index (χ0v) is 19.6. The quantitative estimate of drug-likeness (QED) is 0.374. The Kier molecular flexibility index (Phi) is 6.96. The fraction of sp³-hybridized carbons (Fsp3) is 0.333. The molecule has 7 nitrogen and oxygen atoms in total. The number of thiazole rings is 1. The lowest BCUT2D eigenvalue weighted by Gasteiger charge is -2.16. The second-order valence-electron chi connectivity index (χ2n) is 8.12. The van der Waals surface area contributed by atoms with Gasteiger partial charge in [-0.25, -0.2) is 15.0 Å². The molecule has 1 amide bonds. The van der Waals surface area contributed by atoms with E-state index in [4.69, 9.17) is 9.72 Å². The van der Waals surface area contributed by atoms with Crippen molar-refractivity contribution < 1.29 is 9.53 Å². The predicted molar refractivity (Wildman–Crippen MR) is 125 cm³/mol. The van der Waals surface area contributed by atoms with Crippen molar-refractivity contribution in [1.29, 1.82) is 0 Å². The molecule has 3 aromatic heterocycles. The van der Waals surface area contributed by atoms with E-state index in [2.05, 4.69) is 41.5 Å². The number of amides is 1. The number of pyridine rings is 1. The van der Waals surface area contributed by atoms with Crippen LogP contribution in [0.25, 0.3) is 27.3 Å².